The van der Waals surface area contributed by atoms with Crippen molar-refractivity contribution in [3.8, 4) is 0 Å². The van der Waals surface area contributed by atoms with Crippen LogP contribution in [0.1, 0.15) is 37.3 Å². The van der Waals surface area contributed by atoms with E-state index >= 15 is 0 Å². The molecule has 3 N–H and O–H groups in total. The molecule has 6 heteroatoms. The SMILES string of the molecule is CC1(CNc2ccc(C(N)=S)c(C(F)(F)F)c2)CCC1. The van der Waals surface area contributed by atoms with E-state index in [4.69, 9.17) is 5.73 Å². The second kappa shape index (κ2) is 5.24. The number of anilines is 1. The summed E-state index contributed by atoms with van der Waals surface area (Å²) in [5, 5.41) is 3.08. The maximum Gasteiger partial charge on any atom is 0.417 e. The fourth-order valence-corrected chi connectivity index (χ4v) is 2.55. The van der Waals surface area contributed by atoms with Crippen LogP contribution in [-0.4, -0.2) is 11.5 Å². The molecule has 1 aliphatic rings. The first-order chi connectivity index (χ1) is 9.21. The first-order valence-corrected chi connectivity index (χ1v) is 6.87. The second-order valence-corrected chi connectivity index (χ2v) is 6.08. The fraction of sp³-hybridized carbons (Fsp3) is 0.500. The van der Waals surface area contributed by atoms with Gasteiger partial charge in [0.25, 0.3) is 0 Å². The van der Waals surface area contributed by atoms with Gasteiger partial charge < -0.3 is 11.1 Å². The molecule has 1 aromatic rings. The van der Waals surface area contributed by atoms with Crippen molar-refractivity contribution < 1.29 is 13.2 Å². The topological polar surface area (TPSA) is 38.0 Å². The lowest BCUT2D eigenvalue weighted by Crippen LogP contribution is -2.33. The highest BCUT2D eigenvalue weighted by Crippen LogP contribution is 2.40. The van der Waals surface area contributed by atoms with Gasteiger partial charge in [0, 0.05) is 17.8 Å². The summed E-state index contributed by atoms with van der Waals surface area (Å²) in [5.74, 6) is 0. The van der Waals surface area contributed by atoms with Gasteiger partial charge in [0.2, 0.25) is 0 Å². The molecule has 1 aromatic carbocycles. The predicted octanol–water partition coefficient (Wildman–Crippen LogP) is 3.94. The predicted molar refractivity (Wildman–Crippen MR) is 77.8 cm³/mol. The van der Waals surface area contributed by atoms with E-state index in [1.54, 1.807) is 6.07 Å². The normalized spacial score (nSPS) is 17.4. The molecular formula is C14H17F3N2S. The van der Waals surface area contributed by atoms with Crippen LogP contribution in [0.4, 0.5) is 18.9 Å². The summed E-state index contributed by atoms with van der Waals surface area (Å²) in [6, 6.07) is 4.00. The zero-order valence-electron chi connectivity index (χ0n) is 11.2. The van der Waals surface area contributed by atoms with Crippen molar-refractivity contribution in [1.82, 2.24) is 0 Å². The maximum absolute atomic E-state index is 13.0. The van der Waals surface area contributed by atoms with Crippen molar-refractivity contribution in [2.45, 2.75) is 32.4 Å². The van der Waals surface area contributed by atoms with Gasteiger partial charge in [-0.15, -0.1) is 0 Å². The van der Waals surface area contributed by atoms with Crippen LogP contribution in [-0.2, 0) is 6.18 Å². The number of nitrogens with two attached hydrogens (primary N) is 1. The Bertz CT molecular complexity index is 522. The molecule has 0 spiro atoms. The Kier molecular flexibility index (Phi) is 3.95. The minimum atomic E-state index is -4.46. The van der Waals surface area contributed by atoms with E-state index in [1.165, 1.54) is 12.5 Å². The van der Waals surface area contributed by atoms with Gasteiger partial charge in [0.1, 0.15) is 4.99 Å². The highest BCUT2D eigenvalue weighted by Gasteiger charge is 2.35. The van der Waals surface area contributed by atoms with Gasteiger partial charge in [-0.3, -0.25) is 0 Å². The van der Waals surface area contributed by atoms with Gasteiger partial charge in [-0.1, -0.05) is 25.6 Å². The molecule has 1 aliphatic carbocycles. The molecule has 1 saturated carbocycles. The Morgan fingerprint density at radius 3 is 2.50 bits per heavy atom. The van der Waals surface area contributed by atoms with Crippen LogP contribution in [0.3, 0.4) is 0 Å². The molecule has 0 bridgehead atoms. The summed E-state index contributed by atoms with van der Waals surface area (Å²) >= 11 is 4.67. The molecule has 2 rings (SSSR count). The van der Waals surface area contributed by atoms with Crippen LogP contribution in [0.5, 0.6) is 0 Å². The lowest BCUT2D eigenvalue weighted by atomic mass is 9.70. The molecule has 1 fully saturated rings. The molecule has 110 valence electrons. The van der Waals surface area contributed by atoms with Gasteiger partial charge in [-0.2, -0.15) is 13.2 Å². The molecule has 0 atom stereocenters. The zero-order valence-corrected chi connectivity index (χ0v) is 12.0. The van der Waals surface area contributed by atoms with E-state index in [1.807, 2.05) is 0 Å². The Balaban J connectivity index is 2.21. The third-order valence-electron chi connectivity index (χ3n) is 3.87. The van der Waals surface area contributed by atoms with E-state index in [-0.39, 0.29) is 16.0 Å². The standard InChI is InChI=1S/C14H17F3N2S/c1-13(5-2-6-13)8-19-9-3-4-10(12(18)20)11(7-9)14(15,16)17/h3-4,7,19H,2,5-6,8H2,1H3,(H2,18,20). The third kappa shape index (κ3) is 3.23. The molecule has 0 radical (unpaired) electrons. The quantitative estimate of drug-likeness (QED) is 0.827. The van der Waals surface area contributed by atoms with Crippen molar-refractivity contribution in [2.75, 3.05) is 11.9 Å². The first kappa shape index (κ1) is 15.1. The Hall–Kier alpha value is -1.30. The number of thiocarbonyl (C=S) groups is 1. The molecule has 20 heavy (non-hydrogen) atoms. The van der Waals surface area contributed by atoms with Gasteiger partial charge >= 0.3 is 6.18 Å². The Morgan fingerprint density at radius 2 is 2.05 bits per heavy atom. The van der Waals surface area contributed by atoms with Crippen molar-refractivity contribution in [2.24, 2.45) is 11.1 Å². The van der Waals surface area contributed by atoms with E-state index in [0.717, 1.165) is 18.9 Å². The average molecular weight is 302 g/mol. The van der Waals surface area contributed by atoms with E-state index in [0.29, 0.717) is 12.2 Å². The third-order valence-corrected chi connectivity index (χ3v) is 4.09. The lowest BCUT2D eigenvalue weighted by Gasteiger charge is -2.38. The summed E-state index contributed by atoms with van der Waals surface area (Å²) in [7, 11) is 0. The first-order valence-electron chi connectivity index (χ1n) is 6.46. The monoisotopic (exact) mass is 302 g/mol. The summed E-state index contributed by atoms with van der Waals surface area (Å²) in [6.45, 7) is 2.81. The summed E-state index contributed by atoms with van der Waals surface area (Å²) in [6.07, 6.45) is -1.06. The van der Waals surface area contributed by atoms with Crippen molar-refractivity contribution >= 4 is 22.9 Å². The number of benzene rings is 1. The highest BCUT2D eigenvalue weighted by molar-refractivity contribution is 7.80. The Morgan fingerprint density at radius 1 is 1.40 bits per heavy atom. The van der Waals surface area contributed by atoms with Crippen LogP contribution in [0.25, 0.3) is 0 Å². The fourth-order valence-electron chi connectivity index (χ4n) is 2.38. The van der Waals surface area contributed by atoms with Gasteiger partial charge in [0.15, 0.2) is 0 Å². The number of rotatable bonds is 4. The summed E-state index contributed by atoms with van der Waals surface area (Å²) < 4.78 is 39.0. The summed E-state index contributed by atoms with van der Waals surface area (Å²) in [5.41, 5.74) is 5.08. The Labute approximate surface area is 121 Å². The summed E-state index contributed by atoms with van der Waals surface area (Å²) in [4.78, 5) is -0.241. The van der Waals surface area contributed by atoms with Crippen molar-refractivity contribution in [3.63, 3.8) is 0 Å². The smallest absolute Gasteiger partial charge is 0.389 e. The average Bonchev–Trinajstić information content (AvgIpc) is 2.32. The van der Waals surface area contributed by atoms with Crippen molar-refractivity contribution in [1.29, 1.82) is 0 Å². The number of nitrogens with one attached hydrogen (secondary N) is 1. The molecule has 0 unspecified atom stereocenters. The molecule has 0 saturated heterocycles. The van der Waals surface area contributed by atoms with E-state index in [9.17, 15) is 13.2 Å². The minimum absolute atomic E-state index is 0.132. The largest absolute Gasteiger partial charge is 0.417 e. The van der Waals surface area contributed by atoms with Crippen molar-refractivity contribution in [3.05, 3.63) is 29.3 Å². The van der Waals surface area contributed by atoms with Crippen LogP contribution in [0.2, 0.25) is 0 Å². The zero-order chi connectivity index (χ0) is 15.0. The molecule has 0 aromatic heterocycles. The van der Waals surface area contributed by atoms with E-state index < -0.39 is 11.7 Å². The number of hydrogen-bond acceptors (Lipinski definition) is 2. The minimum Gasteiger partial charge on any atom is -0.389 e. The molecular weight excluding hydrogens is 285 g/mol. The lowest BCUT2D eigenvalue weighted by molar-refractivity contribution is -0.137. The molecule has 0 amide bonds. The van der Waals surface area contributed by atoms with Crippen LogP contribution in [0, 0.1) is 5.41 Å². The molecule has 0 aliphatic heterocycles. The van der Waals surface area contributed by atoms with Gasteiger partial charge in [-0.05, 0) is 36.5 Å². The van der Waals surface area contributed by atoms with E-state index in [2.05, 4.69) is 24.5 Å². The maximum atomic E-state index is 13.0. The van der Waals surface area contributed by atoms with Gasteiger partial charge in [0.05, 0.1) is 5.56 Å². The van der Waals surface area contributed by atoms with Crippen LogP contribution in [0.15, 0.2) is 18.2 Å². The van der Waals surface area contributed by atoms with Crippen LogP contribution < -0.4 is 11.1 Å². The second-order valence-electron chi connectivity index (χ2n) is 5.64. The molecule has 2 nitrogen and oxygen atoms in total. The van der Waals surface area contributed by atoms with Gasteiger partial charge in [-0.25, -0.2) is 0 Å². The molecule has 0 heterocycles. The number of alkyl halides is 3. The van der Waals surface area contributed by atoms with Crippen LogP contribution >= 0.6 is 12.2 Å². The number of halogens is 3. The number of hydrogen-bond donors (Lipinski definition) is 2. The highest BCUT2D eigenvalue weighted by atomic mass is 32.1.